The number of ether oxygens (including phenoxy) is 1. The monoisotopic (exact) mass is 404 g/mol. The van der Waals surface area contributed by atoms with Crippen LogP contribution >= 0.6 is 0 Å². The number of hydrogen-bond donors (Lipinski definition) is 2. The number of amides is 1. The van der Waals surface area contributed by atoms with Crippen molar-refractivity contribution in [2.24, 2.45) is 5.92 Å². The lowest BCUT2D eigenvalue weighted by molar-refractivity contribution is -0.127. The number of carbonyl (C=O) groups excluding carboxylic acids is 1. The Labute approximate surface area is 167 Å². The van der Waals surface area contributed by atoms with Gasteiger partial charge in [-0.1, -0.05) is 32.9 Å². The molecule has 0 bridgehead atoms. The number of aryl methyl sites for hydroxylation is 1. The first-order chi connectivity index (χ1) is 13.2. The third-order valence-corrected chi connectivity index (χ3v) is 5.51. The quantitative estimate of drug-likeness (QED) is 0.669. The molecule has 7 heteroatoms. The van der Waals surface area contributed by atoms with E-state index < -0.39 is 16.1 Å². The van der Waals surface area contributed by atoms with Crippen molar-refractivity contribution in [3.8, 4) is 5.75 Å². The Morgan fingerprint density at radius 2 is 1.61 bits per heavy atom. The zero-order chi connectivity index (χ0) is 20.7. The van der Waals surface area contributed by atoms with Crippen molar-refractivity contribution in [3.05, 3.63) is 54.1 Å². The van der Waals surface area contributed by atoms with Gasteiger partial charge in [0, 0.05) is 12.2 Å². The molecular weight excluding hydrogens is 376 g/mol. The zero-order valence-corrected chi connectivity index (χ0v) is 17.5. The average Bonchev–Trinajstić information content (AvgIpc) is 2.66. The number of benzene rings is 2. The van der Waals surface area contributed by atoms with Gasteiger partial charge < -0.3 is 10.1 Å². The maximum atomic E-state index is 12.5. The van der Waals surface area contributed by atoms with E-state index in [-0.39, 0.29) is 10.8 Å². The van der Waals surface area contributed by atoms with Crippen LogP contribution in [0.5, 0.6) is 5.75 Å². The van der Waals surface area contributed by atoms with E-state index in [2.05, 4.69) is 10.0 Å². The molecule has 0 aromatic heterocycles. The van der Waals surface area contributed by atoms with E-state index in [1.807, 2.05) is 32.9 Å². The van der Waals surface area contributed by atoms with Crippen molar-refractivity contribution in [1.29, 1.82) is 0 Å². The van der Waals surface area contributed by atoms with Crippen molar-refractivity contribution in [1.82, 2.24) is 5.32 Å². The summed E-state index contributed by atoms with van der Waals surface area (Å²) in [6.45, 7) is 8.29. The van der Waals surface area contributed by atoms with E-state index in [1.54, 1.807) is 31.2 Å². The van der Waals surface area contributed by atoms with Gasteiger partial charge >= 0.3 is 0 Å². The van der Waals surface area contributed by atoms with Crippen molar-refractivity contribution in [3.63, 3.8) is 0 Å². The number of rotatable bonds is 9. The van der Waals surface area contributed by atoms with Crippen LogP contribution in [0.3, 0.4) is 0 Å². The van der Waals surface area contributed by atoms with Gasteiger partial charge in [-0.05, 0) is 61.2 Å². The highest BCUT2D eigenvalue weighted by Gasteiger charge is 2.17. The first-order valence-electron chi connectivity index (χ1n) is 9.37. The summed E-state index contributed by atoms with van der Waals surface area (Å²) in [6, 6.07) is 13.3. The molecule has 28 heavy (non-hydrogen) atoms. The van der Waals surface area contributed by atoms with Crippen molar-refractivity contribution in [2.75, 3.05) is 11.3 Å². The highest BCUT2D eigenvalue weighted by atomic mass is 32.2. The summed E-state index contributed by atoms with van der Waals surface area (Å²) in [4.78, 5) is 12.1. The third-order valence-electron chi connectivity index (χ3n) is 4.12. The Balaban J connectivity index is 2.00. The number of hydrogen-bond acceptors (Lipinski definition) is 4. The fourth-order valence-electron chi connectivity index (χ4n) is 2.43. The van der Waals surface area contributed by atoms with Crippen LogP contribution in [0.2, 0.25) is 0 Å². The van der Waals surface area contributed by atoms with Gasteiger partial charge in [-0.15, -0.1) is 0 Å². The number of carbonyl (C=O) groups is 1. The zero-order valence-electron chi connectivity index (χ0n) is 16.7. The van der Waals surface area contributed by atoms with Crippen LogP contribution in [0.4, 0.5) is 5.69 Å². The van der Waals surface area contributed by atoms with Crippen LogP contribution in [0.1, 0.15) is 33.3 Å². The highest BCUT2D eigenvalue weighted by Crippen LogP contribution is 2.20. The Kier molecular flexibility index (Phi) is 7.45. The van der Waals surface area contributed by atoms with E-state index in [0.29, 0.717) is 23.9 Å². The molecule has 1 amide bonds. The second-order valence-electron chi connectivity index (χ2n) is 7.03. The van der Waals surface area contributed by atoms with Crippen LogP contribution in [-0.2, 0) is 21.2 Å². The molecule has 1 atom stereocenters. The fraction of sp³-hybridized carbons (Fsp3) is 0.381. The van der Waals surface area contributed by atoms with Gasteiger partial charge in [0.15, 0.2) is 6.10 Å². The van der Waals surface area contributed by atoms with Gasteiger partial charge in [-0.2, -0.15) is 0 Å². The predicted octanol–water partition coefficient (Wildman–Crippen LogP) is 3.59. The van der Waals surface area contributed by atoms with Crippen LogP contribution in [-0.4, -0.2) is 27.0 Å². The third kappa shape index (κ3) is 6.27. The fourth-order valence-corrected chi connectivity index (χ4v) is 3.48. The molecule has 0 aliphatic heterocycles. The number of sulfonamides is 1. The summed E-state index contributed by atoms with van der Waals surface area (Å²) in [5, 5.41) is 2.80. The van der Waals surface area contributed by atoms with Gasteiger partial charge in [0.25, 0.3) is 15.9 Å². The maximum Gasteiger partial charge on any atom is 0.261 e. The molecule has 0 radical (unpaired) electrons. The molecule has 2 N–H and O–H groups in total. The van der Waals surface area contributed by atoms with Crippen LogP contribution in [0, 0.1) is 5.92 Å². The molecule has 0 fully saturated rings. The van der Waals surface area contributed by atoms with Crippen molar-refractivity contribution >= 4 is 21.6 Å². The minimum atomic E-state index is -3.70. The van der Waals surface area contributed by atoms with Gasteiger partial charge in [-0.25, -0.2) is 8.42 Å². The molecule has 0 spiro atoms. The Bertz CT molecular complexity index is 876. The molecule has 2 aromatic rings. The number of nitrogens with one attached hydrogen (secondary N) is 2. The SMILES string of the molecule is CCc1ccc(NS(=O)(=O)c2ccc(O[C@@H](C)C(=O)NCC(C)C)cc2)cc1. The minimum absolute atomic E-state index is 0.122. The van der Waals surface area contributed by atoms with Crippen molar-refractivity contribution < 1.29 is 17.9 Å². The average molecular weight is 405 g/mol. The van der Waals surface area contributed by atoms with E-state index >= 15 is 0 Å². The predicted molar refractivity (Wildman–Crippen MR) is 111 cm³/mol. The van der Waals surface area contributed by atoms with E-state index in [4.69, 9.17) is 4.74 Å². The van der Waals surface area contributed by atoms with Gasteiger partial charge in [0.05, 0.1) is 4.90 Å². The molecule has 0 unspecified atom stereocenters. The molecule has 0 aliphatic rings. The molecule has 0 saturated heterocycles. The van der Waals surface area contributed by atoms with Crippen molar-refractivity contribution in [2.45, 2.75) is 45.1 Å². The van der Waals surface area contributed by atoms with Gasteiger partial charge in [0.1, 0.15) is 5.75 Å². The van der Waals surface area contributed by atoms with Gasteiger partial charge in [-0.3, -0.25) is 9.52 Å². The van der Waals surface area contributed by atoms with Crippen LogP contribution < -0.4 is 14.8 Å². The Morgan fingerprint density at radius 1 is 1.00 bits per heavy atom. The van der Waals surface area contributed by atoms with Crippen LogP contribution in [0.25, 0.3) is 0 Å². The topological polar surface area (TPSA) is 84.5 Å². The minimum Gasteiger partial charge on any atom is -0.481 e. The lowest BCUT2D eigenvalue weighted by Gasteiger charge is -2.16. The molecule has 0 aliphatic carbocycles. The standard InChI is InChI=1S/C21H28N2O4S/c1-5-17-6-8-18(9-7-17)23-28(25,26)20-12-10-19(11-13-20)27-16(4)21(24)22-14-15(2)3/h6-13,15-16,23H,5,14H2,1-4H3,(H,22,24)/t16-/m0/s1. The van der Waals surface area contributed by atoms with E-state index in [1.165, 1.54) is 12.1 Å². The molecule has 0 heterocycles. The van der Waals surface area contributed by atoms with Crippen LogP contribution in [0.15, 0.2) is 53.4 Å². The van der Waals surface area contributed by atoms with E-state index in [0.717, 1.165) is 12.0 Å². The summed E-state index contributed by atoms with van der Waals surface area (Å²) in [7, 11) is -3.70. The van der Waals surface area contributed by atoms with E-state index in [9.17, 15) is 13.2 Å². The largest absolute Gasteiger partial charge is 0.481 e. The first-order valence-corrected chi connectivity index (χ1v) is 10.9. The summed E-state index contributed by atoms with van der Waals surface area (Å²) in [5.74, 6) is 0.576. The summed E-state index contributed by atoms with van der Waals surface area (Å²) in [6.07, 6.45) is 0.221. The smallest absolute Gasteiger partial charge is 0.261 e. The maximum absolute atomic E-state index is 12.5. The number of anilines is 1. The summed E-state index contributed by atoms with van der Waals surface area (Å²) in [5.41, 5.74) is 1.64. The normalized spacial score (nSPS) is 12.5. The Hall–Kier alpha value is -2.54. The Morgan fingerprint density at radius 3 is 2.14 bits per heavy atom. The lowest BCUT2D eigenvalue weighted by Crippen LogP contribution is -2.38. The molecule has 2 rings (SSSR count). The second kappa shape index (κ2) is 9.59. The molecule has 152 valence electrons. The second-order valence-corrected chi connectivity index (χ2v) is 8.71. The van der Waals surface area contributed by atoms with Gasteiger partial charge in [0.2, 0.25) is 0 Å². The lowest BCUT2D eigenvalue weighted by atomic mass is 10.2. The molecule has 0 saturated carbocycles. The highest BCUT2D eigenvalue weighted by molar-refractivity contribution is 7.92. The summed E-state index contributed by atoms with van der Waals surface area (Å²) >= 11 is 0. The summed E-state index contributed by atoms with van der Waals surface area (Å²) < 4.78 is 33.2. The molecule has 2 aromatic carbocycles. The first kappa shape index (κ1) is 21.8. The molecular formula is C21H28N2O4S. The molecule has 6 nitrogen and oxygen atoms in total.